The molecule has 0 nitrogen and oxygen atoms in total. The molecule has 1 aliphatic rings. The summed E-state index contributed by atoms with van der Waals surface area (Å²) >= 11 is 2.09. The van der Waals surface area contributed by atoms with Gasteiger partial charge in [0.2, 0.25) is 0 Å². The lowest BCUT2D eigenvalue weighted by Gasteiger charge is -2.14. The fraction of sp³-hybridized carbons (Fsp3) is 0.500. The van der Waals surface area contributed by atoms with E-state index in [1.54, 1.807) is 0 Å². The van der Waals surface area contributed by atoms with Crippen LogP contribution in [0.15, 0.2) is 23.1 Å². The summed E-state index contributed by atoms with van der Waals surface area (Å²) in [7, 11) is 0. The van der Waals surface area contributed by atoms with E-state index in [0.29, 0.717) is 0 Å². The molecule has 0 unspecified atom stereocenters. The van der Waals surface area contributed by atoms with E-state index in [2.05, 4.69) is 64.6 Å². The predicted octanol–water partition coefficient (Wildman–Crippen LogP) is 4.98. The highest BCUT2D eigenvalue weighted by molar-refractivity contribution is 8.00. The zero-order chi connectivity index (χ0) is 12.6. The van der Waals surface area contributed by atoms with Crippen LogP contribution in [0.1, 0.15) is 35.6 Å². The molecule has 1 aromatic rings. The molecule has 1 aromatic carbocycles. The quantitative estimate of drug-likeness (QED) is 0.678. The van der Waals surface area contributed by atoms with Crippen LogP contribution in [0.4, 0.5) is 0 Å². The van der Waals surface area contributed by atoms with Gasteiger partial charge >= 0.3 is 0 Å². The van der Waals surface area contributed by atoms with Crippen molar-refractivity contribution >= 4 is 11.8 Å². The van der Waals surface area contributed by atoms with Gasteiger partial charge in [0.1, 0.15) is 0 Å². The minimum atomic E-state index is 0.810. The lowest BCUT2D eigenvalue weighted by atomic mass is 10.0. The van der Waals surface area contributed by atoms with Crippen molar-refractivity contribution in [3.8, 4) is 0 Å². The second-order valence-electron chi connectivity index (χ2n) is 5.17. The van der Waals surface area contributed by atoms with Gasteiger partial charge in [-0.15, -0.1) is 11.8 Å². The maximum atomic E-state index is 2.35. The van der Waals surface area contributed by atoms with Gasteiger partial charge in [-0.3, -0.25) is 0 Å². The highest BCUT2D eigenvalue weighted by Gasteiger charge is 2.36. The van der Waals surface area contributed by atoms with E-state index >= 15 is 0 Å². The van der Waals surface area contributed by atoms with Crippen LogP contribution in [0.2, 0.25) is 0 Å². The molecule has 92 valence electrons. The molecule has 0 spiro atoms. The van der Waals surface area contributed by atoms with E-state index in [4.69, 9.17) is 0 Å². The summed E-state index contributed by atoms with van der Waals surface area (Å²) in [6.45, 7) is 11.1. The van der Waals surface area contributed by atoms with Gasteiger partial charge in [0, 0.05) is 10.1 Å². The van der Waals surface area contributed by atoms with E-state index in [1.807, 2.05) is 0 Å². The number of hydrogen-bond acceptors (Lipinski definition) is 1. The normalized spacial score (nSPS) is 23.4. The smallest absolute Gasteiger partial charge is 0.0164 e. The van der Waals surface area contributed by atoms with Crippen LogP contribution in [0.3, 0.4) is 0 Å². The second-order valence-corrected chi connectivity index (χ2v) is 6.42. The number of thioether (sulfide) groups is 1. The van der Waals surface area contributed by atoms with Gasteiger partial charge in [0.15, 0.2) is 0 Å². The molecule has 2 rings (SSSR count). The molecule has 0 heterocycles. The average Bonchev–Trinajstić information content (AvgIpc) is 3.01. The maximum absolute atomic E-state index is 2.35. The van der Waals surface area contributed by atoms with Gasteiger partial charge < -0.3 is 0 Å². The third kappa shape index (κ3) is 2.60. The Bertz CT molecular complexity index is 431. The van der Waals surface area contributed by atoms with Crippen molar-refractivity contribution in [3.63, 3.8) is 0 Å². The molecule has 0 bridgehead atoms. The van der Waals surface area contributed by atoms with E-state index in [1.165, 1.54) is 33.6 Å². The third-order valence-electron chi connectivity index (χ3n) is 3.78. The molecule has 17 heavy (non-hydrogen) atoms. The van der Waals surface area contributed by atoms with Crippen molar-refractivity contribution in [3.05, 3.63) is 40.5 Å². The standard InChI is InChI=1S/C16H22S/c1-6-7-14-9-15(14)17-16-12(4)10(2)8-11(3)13(16)5/h6-8,14-15H,9H2,1-5H3/b7-6+/t14-,15-/m0/s1. The van der Waals surface area contributed by atoms with Gasteiger partial charge in [0.05, 0.1) is 0 Å². The van der Waals surface area contributed by atoms with Crippen LogP contribution in [0.5, 0.6) is 0 Å². The summed E-state index contributed by atoms with van der Waals surface area (Å²) in [5, 5.41) is 0.810. The van der Waals surface area contributed by atoms with Crippen LogP contribution in [0, 0.1) is 33.6 Å². The van der Waals surface area contributed by atoms with E-state index in [0.717, 1.165) is 11.2 Å². The summed E-state index contributed by atoms with van der Waals surface area (Å²) in [5.41, 5.74) is 5.81. The van der Waals surface area contributed by atoms with Gasteiger partial charge in [-0.1, -0.05) is 18.2 Å². The van der Waals surface area contributed by atoms with Crippen LogP contribution in [-0.2, 0) is 0 Å². The van der Waals surface area contributed by atoms with Gasteiger partial charge in [-0.25, -0.2) is 0 Å². The Morgan fingerprint density at radius 2 is 1.71 bits per heavy atom. The minimum absolute atomic E-state index is 0.810. The SMILES string of the molecule is C/C=C/[C@H]1C[C@@H]1Sc1c(C)c(C)cc(C)c1C. The fourth-order valence-electron chi connectivity index (χ4n) is 2.28. The Morgan fingerprint density at radius 3 is 2.24 bits per heavy atom. The molecule has 0 aliphatic heterocycles. The van der Waals surface area contributed by atoms with Crippen LogP contribution in [0.25, 0.3) is 0 Å². The molecule has 1 aliphatic carbocycles. The first-order valence-electron chi connectivity index (χ1n) is 6.41. The Morgan fingerprint density at radius 1 is 1.12 bits per heavy atom. The Labute approximate surface area is 110 Å². The largest absolute Gasteiger partial charge is 0.122 e. The molecule has 0 radical (unpaired) electrons. The Kier molecular flexibility index (Phi) is 3.67. The summed E-state index contributed by atoms with van der Waals surface area (Å²) in [4.78, 5) is 1.53. The molecule has 0 N–H and O–H groups in total. The van der Waals surface area contributed by atoms with E-state index < -0.39 is 0 Å². The van der Waals surface area contributed by atoms with Crippen molar-refractivity contribution in [2.24, 2.45) is 5.92 Å². The zero-order valence-electron chi connectivity index (χ0n) is 11.5. The minimum Gasteiger partial charge on any atom is -0.122 e. The van der Waals surface area contributed by atoms with Crippen molar-refractivity contribution in [1.29, 1.82) is 0 Å². The van der Waals surface area contributed by atoms with Crippen LogP contribution in [-0.4, -0.2) is 5.25 Å². The van der Waals surface area contributed by atoms with Gasteiger partial charge in [-0.05, 0) is 69.2 Å². The van der Waals surface area contributed by atoms with Crippen LogP contribution < -0.4 is 0 Å². The van der Waals surface area contributed by atoms with Crippen LogP contribution >= 0.6 is 11.8 Å². The predicted molar refractivity (Wildman–Crippen MR) is 78.0 cm³/mol. The second kappa shape index (κ2) is 4.89. The third-order valence-corrected chi connectivity index (χ3v) is 5.48. The van der Waals surface area contributed by atoms with Gasteiger partial charge in [-0.2, -0.15) is 0 Å². The Hall–Kier alpha value is -0.690. The summed E-state index contributed by atoms with van der Waals surface area (Å²) < 4.78 is 0. The molecule has 1 fully saturated rings. The molecule has 1 heteroatoms. The topological polar surface area (TPSA) is 0 Å². The first-order valence-corrected chi connectivity index (χ1v) is 7.29. The molecule has 1 saturated carbocycles. The number of rotatable bonds is 3. The number of aryl methyl sites for hydroxylation is 2. The van der Waals surface area contributed by atoms with Crippen molar-refractivity contribution < 1.29 is 0 Å². The lowest BCUT2D eigenvalue weighted by molar-refractivity contribution is 1.11. The monoisotopic (exact) mass is 246 g/mol. The zero-order valence-corrected chi connectivity index (χ0v) is 12.3. The van der Waals surface area contributed by atoms with Crippen molar-refractivity contribution in [2.75, 3.05) is 0 Å². The number of benzene rings is 1. The maximum Gasteiger partial charge on any atom is 0.0164 e. The van der Waals surface area contributed by atoms with E-state index in [9.17, 15) is 0 Å². The van der Waals surface area contributed by atoms with Crippen molar-refractivity contribution in [2.45, 2.75) is 51.2 Å². The van der Waals surface area contributed by atoms with Gasteiger partial charge in [0.25, 0.3) is 0 Å². The Balaban J connectivity index is 2.22. The fourth-order valence-corrected chi connectivity index (χ4v) is 3.85. The van der Waals surface area contributed by atoms with Crippen molar-refractivity contribution in [1.82, 2.24) is 0 Å². The number of hydrogen-bond donors (Lipinski definition) is 0. The highest BCUT2D eigenvalue weighted by atomic mass is 32.2. The molecule has 0 saturated heterocycles. The summed E-state index contributed by atoms with van der Waals surface area (Å²) in [5.74, 6) is 0.810. The lowest BCUT2D eigenvalue weighted by Crippen LogP contribution is -1.94. The summed E-state index contributed by atoms with van der Waals surface area (Å²) in [6, 6.07) is 2.31. The summed E-state index contributed by atoms with van der Waals surface area (Å²) in [6.07, 6.45) is 5.89. The molecular formula is C16H22S. The molecule has 0 amide bonds. The number of allylic oxidation sites excluding steroid dienone is 2. The average molecular weight is 246 g/mol. The first-order chi connectivity index (χ1) is 8.04. The molecule has 0 aromatic heterocycles. The van der Waals surface area contributed by atoms with E-state index in [-0.39, 0.29) is 0 Å². The molecular weight excluding hydrogens is 224 g/mol. The molecule has 2 atom stereocenters. The first kappa shape index (κ1) is 12.8. The highest BCUT2D eigenvalue weighted by Crippen LogP contribution is 2.48.